The van der Waals surface area contributed by atoms with E-state index in [4.69, 9.17) is 0 Å². The number of nitrogens with zero attached hydrogens (tertiary/aromatic N) is 1. The van der Waals surface area contributed by atoms with Crippen molar-refractivity contribution >= 4 is 36.0 Å². The quantitative estimate of drug-likeness (QED) is 0.412. The van der Waals surface area contributed by atoms with E-state index in [9.17, 15) is 0 Å². The van der Waals surface area contributed by atoms with Crippen molar-refractivity contribution in [3.8, 4) is 0 Å². The van der Waals surface area contributed by atoms with Gasteiger partial charge in [0.05, 0.1) is 8.07 Å². The van der Waals surface area contributed by atoms with E-state index in [0.717, 1.165) is 6.54 Å². The molecule has 0 saturated heterocycles. The summed E-state index contributed by atoms with van der Waals surface area (Å²) in [7, 11) is -0.896. The van der Waals surface area contributed by atoms with Crippen molar-refractivity contribution in [3.63, 3.8) is 0 Å². The second-order valence-corrected chi connectivity index (χ2v) is 11.8. The van der Waals surface area contributed by atoms with Crippen molar-refractivity contribution in [1.29, 1.82) is 0 Å². The number of aliphatic imine (C=N–C) groups is 1. The first-order chi connectivity index (χ1) is 5.49. The van der Waals surface area contributed by atoms with Gasteiger partial charge in [0.25, 0.3) is 0 Å². The first kappa shape index (κ1) is 12.6. The fourth-order valence-corrected chi connectivity index (χ4v) is 4.28. The Labute approximate surface area is 85.8 Å². The lowest BCUT2D eigenvalue weighted by Gasteiger charge is -2.14. The average molecular weight is 221 g/mol. The Morgan fingerprint density at radius 1 is 1.33 bits per heavy atom. The van der Waals surface area contributed by atoms with Crippen molar-refractivity contribution in [2.75, 3.05) is 18.2 Å². The molecule has 0 spiro atoms. The summed E-state index contributed by atoms with van der Waals surface area (Å²) in [5.41, 5.74) is 0. The molecule has 0 bridgehead atoms. The van der Waals surface area contributed by atoms with Crippen LogP contribution in [0.1, 0.15) is 6.92 Å². The van der Waals surface area contributed by atoms with Crippen molar-refractivity contribution in [1.82, 2.24) is 0 Å². The number of thioether (sulfide) groups is 2. The Kier molecular flexibility index (Phi) is 6.40. The molecule has 0 unspecified atom stereocenters. The highest BCUT2D eigenvalue weighted by molar-refractivity contribution is 8.39. The van der Waals surface area contributed by atoms with Gasteiger partial charge >= 0.3 is 0 Å². The topological polar surface area (TPSA) is 12.4 Å². The predicted molar refractivity (Wildman–Crippen MR) is 67.3 cm³/mol. The number of hydrogen-bond acceptors (Lipinski definition) is 3. The molecule has 0 rings (SSSR count). The van der Waals surface area contributed by atoms with Crippen LogP contribution in [0.2, 0.25) is 19.6 Å². The molecule has 0 amide bonds. The third-order valence-corrected chi connectivity index (χ3v) is 6.84. The fraction of sp³-hybridized carbons (Fsp3) is 0.875. The van der Waals surface area contributed by atoms with Crippen molar-refractivity contribution in [3.05, 3.63) is 0 Å². The lowest BCUT2D eigenvalue weighted by molar-refractivity contribution is 1.14. The van der Waals surface area contributed by atoms with Gasteiger partial charge in [-0.05, 0) is 18.6 Å². The Bertz CT molecular complexity index is 152. The molecule has 0 N–H and O–H groups in total. The van der Waals surface area contributed by atoms with Crippen LogP contribution in [0.4, 0.5) is 0 Å². The SMILES string of the molecule is CCN=C(SC)SC[Si](C)(C)C. The minimum absolute atomic E-state index is 0.896. The van der Waals surface area contributed by atoms with Crippen LogP contribution >= 0.6 is 23.5 Å². The van der Waals surface area contributed by atoms with E-state index < -0.39 is 8.07 Å². The third-order valence-electron chi connectivity index (χ3n) is 1.09. The van der Waals surface area contributed by atoms with Crippen LogP contribution in [-0.4, -0.2) is 30.6 Å². The summed E-state index contributed by atoms with van der Waals surface area (Å²) in [5.74, 6) is 0. The van der Waals surface area contributed by atoms with Gasteiger partial charge in [-0.15, -0.1) is 23.5 Å². The minimum Gasteiger partial charge on any atom is -0.272 e. The Balaban J connectivity index is 3.81. The zero-order chi connectivity index (χ0) is 9.61. The summed E-state index contributed by atoms with van der Waals surface area (Å²) >= 11 is 3.70. The highest BCUT2D eigenvalue weighted by Gasteiger charge is 2.14. The molecule has 72 valence electrons. The van der Waals surface area contributed by atoms with Gasteiger partial charge in [0.15, 0.2) is 0 Å². The normalized spacial score (nSPS) is 13.6. The Hall–Kier alpha value is 0.587. The molecule has 0 heterocycles. The smallest absolute Gasteiger partial charge is 0.123 e. The summed E-state index contributed by atoms with van der Waals surface area (Å²) in [6.07, 6.45) is 2.10. The average Bonchev–Trinajstić information content (AvgIpc) is 1.96. The van der Waals surface area contributed by atoms with Gasteiger partial charge in [0.2, 0.25) is 0 Å². The monoisotopic (exact) mass is 221 g/mol. The van der Waals surface area contributed by atoms with E-state index in [2.05, 4.69) is 37.8 Å². The molecule has 0 fully saturated rings. The second kappa shape index (κ2) is 6.10. The van der Waals surface area contributed by atoms with Gasteiger partial charge in [-0.2, -0.15) is 0 Å². The second-order valence-electron chi connectivity index (χ2n) is 3.79. The van der Waals surface area contributed by atoms with Crippen molar-refractivity contribution in [2.45, 2.75) is 26.6 Å². The molecule has 0 saturated carbocycles. The number of rotatable bonds is 3. The highest BCUT2D eigenvalue weighted by Crippen LogP contribution is 2.18. The van der Waals surface area contributed by atoms with Crippen molar-refractivity contribution < 1.29 is 0 Å². The minimum atomic E-state index is -0.896. The van der Waals surface area contributed by atoms with Crippen molar-refractivity contribution in [2.24, 2.45) is 4.99 Å². The molecule has 0 aliphatic carbocycles. The van der Waals surface area contributed by atoms with Crippen LogP contribution in [0.25, 0.3) is 0 Å². The lowest BCUT2D eigenvalue weighted by atomic mass is 10.8. The summed E-state index contributed by atoms with van der Waals surface area (Å²) in [6, 6.07) is 0. The molecule has 0 aliphatic rings. The molecule has 4 heteroatoms. The largest absolute Gasteiger partial charge is 0.272 e. The van der Waals surface area contributed by atoms with E-state index in [-0.39, 0.29) is 0 Å². The van der Waals surface area contributed by atoms with E-state index >= 15 is 0 Å². The Morgan fingerprint density at radius 2 is 1.92 bits per heavy atom. The molecular weight excluding hydrogens is 202 g/mol. The van der Waals surface area contributed by atoms with Gasteiger partial charge in [0, 0.05) is 6.54 Å². The summed E-state index contributed by atoms with van der Waals surface area (Å²) < 4.78 is 1.25. The predicted octanol–water partition coefficient (Wildman–Crippen LogP) is 3.34. The summed E-state index contributed by atoms with van der Waals surface area (Å²) in [4.78, 5) is 4.41. The van der Waals surface area contributed by atoms with Crippen LogP contribution in [0.5, 0.6) is 0 Å². The number of hydrogen-bond donors (Lipinski definition) is 0. The van der Waals surface area contributed by atoms with E-state index in [0.29, 0.717) is 0 Å². The zero-order valence-corrected chi connectivity index (χ0v) is 11.3. The molecular formula is C8H19NS2Si. The molecule has 0 aromatic rings. The van der Waals surface area contributed by atoms with E-state index in [1.807, 2.05) is 11.8 Å². The fourth-order valence-electron chi connectivity index (χ4n) is 0.576. The maximum Gasteiger partial charge on any atom is 0.123 e. The molecule has 0 aromatic carbocycles. The van der Waals surface area contributed by atoms with Crippen LogP contribution in [0.15, 0.2) is 4.99 Å². The lowest BCUT2D eigenvalue weighted by Crippen LogP contribution is -2.24. The summed E-state index contributed by atoms with van der Waals surface area (Å²) in [6.45, 7) is 10.2. The van der Waals surface area contributed by atoms with Gasteiger partial charge in [-0.25, -0.2) is 0 Å². The van der Waals surface area contributed by atoms with Crippen LogP contribution in [-0.2, 0) is 0 Å². The standard InChI is InChI=1S/C8H19NS2Si/c1-6-9-8(10-2)11-7-12(3,4)5/h6-7H2,1-5H3. The van der Waals surface area contributed by atoms with Gasteiger partial charge in [-0.1, -0.05) is 19.6 Å². The van der Waals surface area contributed by atoms with E-state index in [1.165, 1.54) is 9.75 Å². The maximum atomic E-state index is 4.41. The van der Waals surface area contributed by atoms with Crippen LogP contribution < -0.4 is 0 Å². The molecule has 0 aliphatic heterocycles. The first-order valence-corrected chi connectivity index (χ1v) is 10.1. The van der Waals surface area contributed by atoms with Crippen LogP contribution in [0, 0.1) is 0 Å². The van der Waals surface area contributed by atoms with E-state index in [1.54, 1.807) is 11.8 Å². The maximum absolute atomic E-state index is 4.41. The van der Waals surface area contributed by atoms with Gasteiger partial charge < -0.3 is 0 Å². The van der Waals surface area contributed by atoms with Crippen LogP contribution in [0.3, 0.4) is 0 Å². The highest BCUT2D eigenvalue weighted by atomic mass is 32.2. The summed E-state index contributed by atoms with van der Waals surface area (Å²) in [5, 5.41) is 1.28. The molecule has 0 radical (unpaired) electrons. The first-order valence-electron chi connectivity index (χ1n) is 4.21. The third kappa shape index (κ3) is 7.25. The molecule has 0 atom stereocenters. The Morgan fingerprint density at radius 3 is 2.25 bits per heavy atom. The van der Waals surface area contributed by atoms with Gasteiger partial charge in [0.1, 0.15) is 4.38 Å². The zero-order valence-electron chi connectivity index (χ0n) is 8.68. The molecule has 12 heavy (non-hydrogen) atoms. The molecule has 1 nitrogen and oxygen atoms in total. The molecule has 0 aromatic heterocycles. The van der Waals surface area contributed by atoms with Gasteiger partial charge in [-0.3, -0.25) is 4.99 Å².